The van der Waals surface area contributed by atoms with Crippen molar-refractivity contribution >= 4 is 22.5 Å². The number of aliphatic hydroxyl groups is 1. The topological polar surface area (TPSA) is 33.1 Å². The van der Waals surface area contributed by atoms with Crippen LogP contribution in [-0.2, 0) is 6.61 Å². The van der Waals surface area contributed by atoms with Gasteiger partial charge in [-0.2, -0.15) is 0 Å². The number of aromatic nitrogens is 1. The molecule has 0 fully saturated rings. The van der Waals surface area contributed by atoms with Gasteiger partial charge in [-0.1, -0.05) is 11.6 Å². The highest BCUT2D eigenvalue weighted by Gasteiger charge is 2.06. The first-order valence-corrected chi connectivity index (χ1v) is 5.17. The van der Waals surface area contributed by atoms with Crippen molar-refractivity contribution in [3.63, 3.8) is 0 Å². The van der Waals surface area contributed by atoms with Crippen molar-refractivity contribution < 1.29 is 5.11 Å². The molecule has 0 aliphatic rings. The first-order valence-electron chi connectivity index (χ1n) is 4.79. The Hall–Kier alpha value is -1.12. The van der Waals surface area contributed by atoms with Crippen LogP contribution in [-0.4, -0.2) is 10.1 Å². The summed E-state index contributed by atoms with van der Waals surface area (Å²) in [5, 5.41) is 10.9. The van der Waals surface area contributed by atoms with Crippen LogP contribution in [0.25, 0.3) is 10.9 Å². The summed E-state index contributed by atoms with van der Waals surface area (Å²) in [7, 11) is 0. The fourth-order valence-electron chi connectivity index (χ4n) is 1.81. The van der Waals surface area contributed by atoms with Gasteiger partial charge in [0.25, 0.3) is 0 Å². The molecule has 1 N–H and O–H groups in total. The minimum Gasteiger partial charge on any atom is -0.392 e. The van der Waals surface area contributed by atoms with E-state index in [2.05, 4.69) is 4.98 Å². The summed E-state index contributed by atoms with van der Waals surface area (Å²) in [4.78, 5) is 4.43. The monoisotopic (exact) mass is 221 g/mol. The normalized spacial score (nSPS) is 10.9. The molecule has 0 saturated heterocycles. The standard InChI is InChI=1S/C12H12ClNO/c1-7-3-8(2)14-12-9(6-15)4-10(13)5-11(7)12/h3-5,15H,6H2,1-2H3. The summed E-state index contributed by atoms with van der Waals surface area (Å²) in [5.41, 5.74) is 3.72. The summed E-state index contributed by atoms with van der Waals surface area (Å²) in [5.74, 6) is 0. The van der Waals surface area contributed by atoms with Crippen LogP contribution in [0, 0.1) is 13.8 Å². The average molecular weight is 222 g/mol. The molecule has 1 aromatic carbocycles. The lowest BCUT2D eigenvalue weighted by atomic mass is 10.1. The molecule has 0 aliphatic carbocycles. The van der Waals surface area contributed by atoms with Crippen LogP contribution in [0.15, 0.2) is 18.2 Å². The highest BCUT2D eigenvalue weighted by atomic mass is 35.5. The van der Waals surface area contributed by atoms with Crippen LogP contribution in [0.1, 0.15) is 16.8 Å². The molecule has 15 heavy (non-hydrogen) atoms. The Kier molecular flexibility index (Phi) is 2.63. The smallest absolute Gasteiger partial charge is 0.0763 e. The van der Waals surface area contributed by atoms with Gasteiger partial charge < -0.3 is 5.11 Å². The van der Waals surface area contributed by atoms with E-state index in [0.717, 1.165) is 27.7 Å². The third-order valence-electron chi connectivity index (χ3n) is 2.46. The van der Waals surface area contributed by atoms with E-state index >= 15 is 0 Å². The van der Waals surface area contributed by atoms with E-state index in [-0.39, 0.29) is 6.61 Å². The number of nitrogens with zero attached hydrogens (tertiary/aromatic N) is 1. The molecule has 0 saturated carbocycles. The second-order valence-electron chi connectivity index (χ2n) is 3.70. The maximum Gasteiger partial charge on any atom is 0.0763 e. The third-order valence-corrected chi connectivity index (χ3v) is 2.68. The number of aliphatic hydroxyl groups excluding tert-OH is 1. The van der Waals surface area contributed by atoms with Crippen molar-refractivity contribution in [1.29, 1.82) is 0 Å². The van der Waals surface area contributed by atoms with E-state index in [1.807, 2.05) is 26.0 Å². The Bertz CT molecular complexity index is 523. The fraction of sp³-hybridized carbons (Fsp3) is 0.250. The van der Waals surface area contributed by atoms with Crippen LogP contribution >= 0.6 is 11.6 Å². The minimum absolute atomic E-state index is 0.0348. The van der Waals surface area contributed by atoms with Gasteiger partial charge in [-0.15, -0.1) is 0 Å². The van der Waals surface area contributed by atoms with Crippen LogP contribution in [0.3, 0.4) is 0 Å². The highest BCUT2D eigenvalue weighted by molar-refractivity contribution is 6.31. The largest absolute Gasteiger partial charge is 0.392 e. The Morgan fingerprint density at radius 3 is 2.67 bits per heavy atom. The van der Waals surface area contributed by atoms with Gasteiger partial charge in [-0.05, 0) is 37.6 Å². The number of halogens is 1. The summed E-state index contributed by atoms with van der Waals surface area (Å²) in [6.45, 7) is 3.93. The quantitative estimate of drug-likeness (QED) is 0.803. The number of pyridine rings is 1. The van der Waals surface area contributed by atoms with Crippen LogP contribution in [0.2, 0.25) is 5.02 Å². The lowest BCUT2D eigenvalue weighted by Crippen LogP contribution is -1.93. The van der Waals surface area contributed by atoms with E-state index in [1.54, 1.807) is 6.07 Å². The van der Waals surface area contributed by atoms with Gasteiger partial charge in [0, 0.05) is 21.7 Å². The number of hydrogen-bond donors (Lipinski definition) is 1. The predicted octanol–water partition coefficient (Wildman–Crippen LogP) is 3.00. The third kappa shape index (κ3) is 1.83. The number of fused-ring (bicyclic) bond motifs is 1. The van der Waals surface area contributed by atoms with Crippen LogP contribution in [0.5, 0.6) is 0 Å². The first kappa shape index (κ1) is 10.4. The molecular weight excluding hydrogens is 210 g/mol. The predicted molar refractivity (Wildman–Crippen MR) is 62.1 cm³/mol. The lowest BCUT2D eigenvalue weighted by Gasteiger charge is -2.08. The van der Waals surface area contributed by atoms with Gasteiger partial charge in [-0.25, -0.2) is 0 Å². The van der Waals surface area contributed by atoms with Gasteiger partial charge in [0.05, 0.1) is 12.1 Å². The zero-order valence-electron chi connectivity index (χ0n) is 8.71. The number of rotatable bonds is 1. The molecule has 2 rings (SSSR count). The average Bonchev–Trinajstić information content (AvgIpc) is 2.18. The van der Waals surface area contributed by atoms with Crippen molar-refractivity contribution in [1.82, 2.24) is 4.98 Å². The Balaban J connectivity index is 2.89. The lowest BCUT2D eigenvalue weighted by molar-refractivity contribution is 0.283. The van der Waals surface area contributed by atoms with E-state index in [4.69, 9.17) is 11.6 Å². The zero-order valence-corrected chi connectivity index (χ0v) is 9.47. The molecule has 1 heterocycles. The molecule has 0 radical (unpaired) electrons. The molecule has 0 bridgehead atoms. The number of aryl methyl sites for hydroxylation is 2. The SMILES string of the molecule is Cc1cc(C)c2cc(Cl)cc(CO)c2n1. The van der Waals surface area contributed by atoms with E-state index in [1.165, 1.54) is 0 Å². The van der Waals surface area contributed by atoms with Gasteiger partial charge >= 0.3 is 0 Å². The summed E-state index contributed by atoms with van der Waals surface area (Å²) in [6.07, 6.45) is 0. The Morgan fingerprint density at radius 1 is 1.27 bits per heavy atom. The molecule has 1 aromatic heterocycles. The van der Waals surface area contributed by atoms with E-state index in [9.17, 15) is 5.11 Å². The Labute approximate surface area is 93.5 Å². The van der Waals surface area contributed by atoms with Crippen molar-refractivity contribution in [2.45, 2.75) is 20.5 Å². The summed E-state index contributed by atoms with van der Waals surface area (Å²) < 4.78 is 0. The van der Waals surface area contributed by atoms with Gasteiger partial charge in [0.15, 0.2) is 0 Å². The van der Waals surface area contributed by atoms with Gasteiger partial charge in [-0.3, -0.25) is 4.98 Å². The number of hydrogen-bond acceptors (Lipinski definition) is 2. The van der Waals surface area contributed by atoms with Crippen LogP contribution in [0.4, 0.5) is 0 Å². The second-order valence-corrected chi connectivity index (χ2v) is 4.14. The maximum absolute atomic E-state index is 9.24. The molecule has 0 spiro atoms. The summed E-state index contributed by atoms with van der Waals surface area (Å²) in [6, 6.07) is 5.66. The molecule has 0 amide bonds. The molecule has 3 heteroatoms. The molecule has 78 valence electrons. The molecule has 2 aromatic rings. The van der Waals surface area contributed by atoms with Gasteiger partial charge in [0.1, 0.15) is 0 Å². The minimum atomic E-state index is -0.0348. The van der Waals surface area contributed by atoms with E-state index in [0.29, 0.717) is 5.02 Å². The second kappa shape index (κ2) is 3.80. The first-order chi connectivity index (χ1) is 7.11. The van der Waals surface area contributed by atoms with Crippen LogP contribution < -0.4 is 0 Å². The molecule has 0 unspecified atom stereocenters. The zero-order chi connectivity index (χ0) is 11.0. The maximum atomic E-state index is 9.24. The van der Waals surface area contributed by atoms with Crippen molar-refractivity contribution in [2.24, 2.45) is 0 Å². The molecule has 2 nitrogen and oxygen atoms in total. The van der Waals surface area contributed by atoms with Gasteiger partial charge in [0.2, 0.25) is 0 Å². The molecule has 0 aliphatic heterocycles. The van der Waals surface area contributed by atoms with Crippen molar-refractivity contribution in [2.75, 3.05) is 0 Å². The van der Waals surface area contributed by atoms with E-state index < -0.39 is 0 Å². The summed E-state index contributed by atoms with van der Waals surface area (Å²) >= 11 is 5.98. The van der Waals surface area contributed by atoms with Crippen molar-refractivity contribution in [3.05, 3.63) is 40.0 Å². The highest BCUT2D eigenvalue weighted by Crippen LogP contribution is 2.25. The Morgan fingerprint density at radius 2 is 2.00 bits per heavy atom. The molecular formula is C12H12ClNO. The molecule has 0 atom stereocenters. The van der Waals surface area contributed by atoms with Crippen molar-refractivity contribution in [3.8, 4) is 0 Å². The number of benzene rings is 1. The fourth-order valence-corrected chi connectivity index (χ4v) is 2.05.